The van der Waals surface area contributed by atoms with Gasteiger partial charge in [-0.1, -0.05) is 30.3 Å². The smallest absolute Gasteiger partial charge is 0.320 e. The quantitative estimate of drug-likeness (QED) is 0.892. The molecule has 6 heteroatoms. The lowest BCUT2D eigenvalue weighted by Crippen LogP contribution is -2.35. The van der Waals surface area contributed by atoms with Crippen molar-refractivity contribution in [1.82, 2.24) is 4.31 Å². The van der Waals surface area contributed by atoms with Gasteiger partial charge in [0, 0.05) is 12.6 Å². The van der Waals surface area contributed by atoms with E-state index < -0.39 is 21.7 Å². The maximum Gasteiger partial charge on any atom is 0.320 e. The van der Waals surface area contributed by atoms with Crippen LogP contribution in [0.2, 0.25) is 0 Å². The molecule has 1 N–H and O–H groups in total. The SMILES string of the molecule is O=C(O)CS(=O)(=O)N1CCCC1c1ccccc1. The average molecular weight is 269 g/mol. The second-order valence-corrected chi connectivity index (χ2v) is 6.25. The number of sulfonamides is 1. The molecule has 1 aromatic rings. The number of carbonyl (C=O) groups is 1. The topological polar surface area (TPSA) is 74.7 Å². The first-order chi connectivity index (χ1) is 8.50. The van der Waals surface area contributed by atoms with Crippen LogP contribution in [0, 0.1) is 0 Å². The zero-order valence-corrected chi connectivity index (χ0v) is 10.6. The van der Waals surface area contributed by atoms with Crippen LogP contribution >= 0.6 is 0 Å². The van der Waals surface area contributed by atoms with Gasteiger partial charge in [0.15, 0.2) is 5.75 Å². The van der Waals surface area contributed by atoms with E-state index >= 15 is 0 Å². The maximum absolute atomic E-state index is 12.0. The Morgan fingerprint density at radius 1 is 1.33 bits per heavy atom. The van der Waals surface area contributed by atoms with Crippen LogP contribution in [-0.2, 0) is 14.8 Å². The van der Waals surface area contributed by atoms with Crippen molar-refractivity contribution in [2.24, 2.45) is 0 Å². The monoisotopic (exact) mass is 269 g/mol. The Hall–Kier alpha value is -1.40. The highest BCUT2D eigenvalue weighted by Crippen LogP contribution is 2.34. The van der Waals surface area contributed by atoms with E-state index in [0.717, 1.165) is 18.4 Å². The molecule has 1 atom stereocenters. The van der Waals surface area contributed by atoms with Crippen LogP contribution in [0.4, 0.5) is 0 Å². The highest BCUT2D eigenvalue weighted by atomic mass is 32.2. The summed E-state index contributed by atoms with van der Waals surface area (Å²) in [6, 6.07) is 9.11. The Labute approximate surface area is 106 Å². The van der Waals surface area contributed by atoms with Crippen molar-refractivity contribution in [3.05, 3.63) is 35.9 Å². The largest absolute Gasteiger partial charge is 0.480 e. The highest BCUT2D eigenvalue weighted by molar-refractivity contribution is 7.89. The predicted octanol–water partition coefficient (Wildman–Crippen LogP) is 1.24. The second kappa shape index (κ2) is 5.07. The summed E-state index contributed by atoms with van der Waals surface area (Å²) >= 11 is 0. The molecule has 1 aliphatic rings. The van der Waals surface area contributed by atoms with E-state index in [2.05, 4.69) is 0 Å². The number of benzene rings is 1. The Balaban J connectivity index is 2.26. The molecule has 0 amide bonds. The van der Waals surface area contributed by atoms with Crippen LogP contribution in [0.5, 0.6) is 0 Å². The van der Waals surface area contributed by atoms with Crippen LogP contribution in [0.15, 0.2) is 30.3 Å². The Morgan fingerprint density at radius 2 is 2.00 bits per heavy atom. The van der Waals surface area contributed by atoms with Gasteiger partial charge in [-0.05, 0) is 18.4 Å². The number of hydrogen-bond acceptors (Lipinski definition) is 3. The van der Waals surface area contributed by atoms with E-state index in [4.69, 9.17) is 5.11 Å². The molecule has 1 aromatic carbocycles. The third kappa shape index (κ3) is 2.70. The molecule has 0 aromatic heterocycles. The Morgan fingerprint density at radius 3 is 2.61 bits per heavy atom. The Bertz CT molecular complexity index is 526. The normalized spacial score (nSPS) is 21.0. The molecule has 18 heavy (non-hydrogen) atoms. The summed E-state index contributed by atoms with van der Waals surface area (Å²) < 4.78 is 25.3. The van der Waals surface area contributed by atoms with E-state index in [1.165, 1.54) is 4.31 Å². The van der Waals surface area contributed by atoms with Gasteiger partial charge in [0.2, 0.25) is 10.0 Å². The minimum Gasteiger partial charge on any atom is -0.480 e. The minimum atomic E-state index is -3.72. The van der Waals surface area contributed by atoms with Gasteiger partial charge in [0.1, 0.15) is 0 Å². The molecule has 1 aliphatic heterocycles. The third-order valence-electron chi connectivity index (χ3n) is 3.05. The summed E-state index contributed by atoms with van der Waals surface area (Å²) in [4.78, 5) is 10.6. The van der Waals surface area contributed by atoms with Gasteiger partial charge in [-0.25, -0.2) is 8.42 Å². The molecule has 0 saturated carbocycles. The number of rotatable bonds is 4. The molecular formula is C12H15NO4S. The van der Waals surface area contributed by atoms with Crippen molar-refractivity contribution in [2.45, 2.75) is 18.9 Å². The van der Waals surface area contributed by atoms with Crippen molar-refractivity contribution in [3.63, 3.8) is 0 Å². The van der Waals surface area contributed by atoms with Crippen molar-refractivity contribution in [1.29, 1.82) is 0 Å². The molecule has 1 unspecified atom stereocenters. The third-order valence-corrected chi connectivity index (χ3v) is 4.81. The second-order valence-electron chi connectivity index (χ2n) is 4.33. The van der Waals surface area contributed by atoms with E-state index in [1.807, 2.05) is 30.3 Å². The molecule has 0 radical (unpaired) electrons. The molecule has 0 bridgehead atoms. The van der Waals surface area contributed by atoms with Crippen LogP contribution in [0.3, 0.4) is 0 Å². The molecule has 0 spiro atoms. The van der Waals surface area contributed by atoms with Crippen molar-refractivity contribution in [2.75, 3.05) is 12.3 Å². The summed E-state index contributed by atoms with van der Waals surface area (Å²) in [5.74, 6) is -2.15. The standard InChI is InChI=1S/C12H15NO4S/c14-12(15)9-18(16,17)13-8-4-7-11(13)10-5-2-1-3-6-10/h1-3,5-6,11H,4,7-9H2,(H,14,15). The van der Waals surface area contributed by atoms with Crippen LogP contribution in [0.25, 0.3) is 0 Å². The van der Waals surface area contributed by atoms with Crippen molar-refractivity contribution >= 4 is 16.0 Å². The number of carboxylic acids is 1. The van der Waals surface area contributed by atoms with Crippen LogP contribution in [-0.4, -0.2) is 36.1 Å². The molecule has 1 heterocycles. The Kier molecular flexibility index (Phi) is 3.68. The van der Waals surface area contributed by atoms with E-state index in [9.17, 15) is 13.2 Å². The summed E-state index contributed by atoms with van der Waals surface area (Å²) in [7, 11) is -3.72. The molecule has 1 fully saturated rings. The number of nitrogens with zero attached hydrogens (tertiary/aromatic N) is 1. The fraction of sp³-hybridized carbons (Fsp3) is 0.417. The number of aliphatic carboxylic acids is 1. The fourth-order valence-corrected chi connectivity index (χ4v) is 3.82. The lowest BCUT2D eigenvalue weighted by molar-refractivity contribution is -0.134. The lowest BCUT2D eigenvalue weighted by Gasteiger charge is -2.23. The summed E-state index contributed by atoms with van der Waals surface area (Å²) in [6.07, 6.45) is 1.50. The van der Waals surface area contributed by atoms with E-state index in [1.54, 1.807) is 0 Å². The van der Waals surface area contributed by atoms with Gasteiger partial charge in [0.05, 0.1) is 0 Å². The zero-order valence-electron chi connectivity index (χ0n) is 9.82. The first kappa shape index (κ1) is 13.0. The first-order valence-electron chi connectivity index (χ1n) is 5.77. The summed E-state index contributed by atoms with van der Waals surface area (Å²) in [5.41, 5.74) is 0.920. The zero-order chi connectivity index (χ0) is 13.2. The van der Waals surface area contributed by atoms with E-state index in [0.29, 0.717) is 6.54 Å². The summed E-state index contributed by atoms with van der Waals surface area (Å²) in [5, 5.41) is 8.66. The van der Waals surface area contributed by atoms with Gasteiger partial charge in [-0.15, -0.1) is 0 Å². The summed E-state index contributed by atoms with van der Waals surface area (Å²) in [6.45, 7) is 0.398. The maximum atomic E-state index is 12.0. The van der Waals surface area contributed by atoms with Gasteiger partial charge in [-0.2, -0.15) is 4.31 Å². The molecule has 1 saturated heterocycles. The van der Waals surface area contributed by atoms with E-state index in [-0.39, 0.29) is 6.04 Å². The van der Waals surface area contributed by atoms with Gasteiger partial charge in [-0.3, -0.25) is 4.79 Å². The fourth-order valence-electron chi connectivity index (χ4n) is 2.32. The average Bonchev–Trinajstić information content (AvgIpc) is 2.78. The van der Waals surface area contributed by atoms with Crippen LogP contribution < -0.4 is 0 Å². The predicted molar refractivity (Wildman–Crippen MR) is 66.5 cm³/mol. The first-order valence-corrected chi connectivity index (χ1v) is 7.38. The van der Waals surface area contributed by atoms with Crippen molar-refractivity contribution in [3.8, 4) is 0 Å². The van der Waals surface area contributed by atoms with Crippen LogP contribution in [0.1, 0.15) is 24.4 Å². The number of hydrogen-bond donors (Lipinski definition) is 1. The molecular weight excluding hydrogens is 254 g/mol. The minimum absolute atomic E-state index is 0.226. The van der Waals surface area contributed by atoms with Gasteiger partial charge in [0.25, 0.3) is 0 Å². The highest BCUT2D eigenvalue weighted by Gasteiger charge is 2.36. The molecule has 0 aliphatic carbocycles. The molecule has 98 valence electrons. The molecule has 2 rings (SSSR count). The molecule has 5 nitrogen and oxygen atoms in total. The van der Waals surface area contributed by atoms with Crippen molar-refractivity contribution < 1.29 is 18.3 Å². The number of carboxylic acid groups (broad SMARTS) is 1. The van der Waals surface area contributed by atoms with Gasteiger partial charge < -0.3 is 5.11 Å². The van der Waals surface area contributed by atoms with Gasteiger partial charge >= 0.3 is 5.97 Å². The lowest BCUT2D eigenvalue weighted by atomic mass is 10.1.